The van der Waals surface area contributed by atoms with E-state index < -0.39 is 0 Å². The van der Waals surface area contributed by atoms with Crippen molar-refractivity contribution in [2.24, 2.45) is 0 Å². The van der Waals surface area contributed by atoms with Crippen LogP contribution in [0.25, 0.3) is 16.7 Å². The van der Waals surface area contributed by atoms with Crippen LogP contribution in [0, 0.1) is 0 Å². The van der Waals surface area contributed by atoms with E-state index in [1.165, 1.54) is 12.8 Å². The molecule has 0 radical (unpaired) electrons. The van der Waals surface area contributed by atoms with E-state index in [0.717, 1.165) is 56.2 Å². The number of aryl methyl sites for hydroxylation is 1. The van der Waals surface area contributed by atoms with Gasteiger partial charge >= 0.3 is 0 Å². The second-order valence-corrected chi connectivity index (χ2v) is 8.49. The van der Waals surface area contributed by atoms with Crippen molar-refractivity contribution < 1.29 is 0 Å². The Morgan fingerprint density at radius 1 is 1.06 bits per heavy atom. The molecule has 7 nitrogen and oxygen atoms in total. The van der Waals surface area contributed by atoms with Gasteiger partial charge in [0.1, 0.15) is 11.2 Å². The van der Waals surface area contributed by atoms with E-state index in [4.69, 9.17) is 10.1 Å². The molecule has 5 rings (SSSR count). The zero-order valence-electron chi connectivity index (χ0n) is 18.0. The van der Waals surface area contributed by atoms with E-state index in [1.807, 2.05) is 41.9 Å². The van der Waals surface area contributed by atoms with E-state index in [9.17, 15) is 4.79 Å². The van der Waals surface area contributed by atoms with Crippen molar-refractivity contribution in [3.8, 4) is 5.69 Å². The predicted octanol–water partition coefficient (Wildman–Crippen LogP) is 3.02. The number of fused-ring (bicyclic) bond motifs is 1. The zero-order chi connectivity index (χ0) is 20.5. The maximum absolute atomic E-state index is 13.0. The fraction of sp³-hybridized carbons (Fsp3) is 0.522. The molecule has 8 heteroatoms. The molecule has 2 aliphatic heterocycles. The number of halogens is 1. The Morgan fingerprint density at radius 3 is 2.45 bits per heavy atom. The number of likely N-dealkylation sites (tertiary alicyclic amines) is 1. The third kappa shape index (κ3) is 4.27. The average molecular weight is 443 g/mol. The third-order valence-corrected chi connectivity index (χ3v) is 6.71. The van der Waals surface area contributed by atoms with Crippen molar-refractivity contribution in [2.75, 3.05) is 26.2 Å². The molecule has 0 bridgehead atoms. The first kappa shape index (κ1) is 22.0. The monoisotopic (exact) mass is 442 g/mol. The van der Waals surface area contributed by atoms with Crippen molar-refractivity contribution in [1.82, 2.24) is 30.0 Å². The van der Waals surface area contributed by atoms with Gasteiger partial charge in [0.2, 0.25) is 0 Å². The lowest BCUT2D eigenvalue weighted by molar-refractivity contribution is 0.125. The second-order valence-electron chi connectivity index (χ2n) is 8.49. The number of aromatic nitrogens is 4. The van der Waals surface area contributed by atoms with Crippen LogP contribution >= 0.6 is 12.4 Å². The molecule has 0 atom stereocenters. The topological polar surface area (TPSA) is 78.8 Å². The van der Waals surface area contributed by atoms with Crippen LogP contribution in [0.1, 0.15) is 50.0 Å². The van der Waals surface area contributed by atoms with Gasteiger partial charge in [0, 0.05) is 12.0 Å². The number of rotatable bonds is 4. The van der Waals surface area contributed by atoms with Gasteiger partial charge < -0.3 is 15.2 Å². The van der Waals surface area contributed by atoms with E-state index >= 15 is 0 Å². The van der Waals surface area contributed by atoms with Crippen LogP contribution in [0.3, 0.4) is 0 Å². The van der Waals surface area contributed by atoms with Gasteiger partial charge in [-0.15, -0.1) is 12.4 Å². The fourth-order valence-electron chi connectivity index (χ4n) is 5.01. The lowest BCUT2D eigenvalue weighted by Crippen LogP contribution is -2.46. The summed E-state index contributed by atoms with van der Waals surface area (Å²) >= 11 is 0. The first-order valence-corrected chi connectivity index (χ1v) is 11.3. The Bertz CT molecular complexity index is 1060. The van der Waals surface area contributed by atoms with Gasteiger partial charge in [-0.1, -0.05) is 25.1 Å². The summed E-state index contributed by atoms with van der Waals surface area (Å²) < 4.78 is 1.83. The van der Waals surface area contributed by atoms with E-state index in [-0.39, 0.29) is 18.0 Å². The van der Waals surface area contributed by atoms with Crippen molar-refractivity contribution in [2.45, 2.75) is 51.0 Å². The Hall–Kier alpha value is -2.22. The Balaban J connectivity index is 0.00000231. The summed E-state index contributed by atoms with van der Waals surface area (Å²) in [6, 6.07) is 10.7. The SMILES string of the molecule is CCc1nn(-c2ccccc2)c2nc(C3CCN(C4CCNCC4)CC3)[nH]c(=O)c12.Cl. The molecular formula is C23H31ClN6O. The number of piperidine rings is 2. The van der Waals surface area contributed by atoms with Gasteiger partial charge in [0.25, 0.3) is 5.56 Å². The summed E-state index contributed by atoms with van der Waals surface area (Å²) in [6.07, 6.45) is 5.26. The Labute approximate surface area is 188 Å². The number of aromatic amines is 1. The number of nitrogens with one attached hydrogen (secondary N) is 2. The molecule has 0 amide bonds. The summed E-state index contributed by atoms with van der Waals surface area (Å²) in [5.74, 6) is 1.11. The summed E-state index contributed by atoms with van der Waals surface area (Å²) in [5, 5.41) is 8.79. The zero-order valence-corrected chi connectivity index (χ0v) is 18.8. The van der Waals surface area contributed by atoms with Crippen LogP contribution in [0.5, 0.6) is 0 Å². The maximum atomic E-state index is 13.0. The molecule has 166 valence electrons. The minimum Gasteiger partial charge on any atom is -0.317 e. The van der Waals surface area contributed by atoms with Crippen LogP contribution < -0.4 is 10.9 Å². The minimum absolute atomic E-state index is 0. The van der Waals surface area contributed by atoms with Crippen molar-refractivity contribution >= 4 is 23.4 Å². The van der Waals surface area contributed by atoms with Gasteiger partial charge in [-0.3, -0.25) is 4.79 Å². The molecule has 31 heavy (non-hydrogen) atoms. The molecule has 2 N–H and O–H groups in total. The highest BCUT2D eigenvalue weighted by molar-refractivity contribution is 5.85. The van der Waals surface area contributed by atoms with Crippen LogP contribution in [0.4, 0.5) is 0 Å². The summed E-state index contributed by atoms with van der Waals surface area (Å²) in [7, 11) is 0. The molecule has 2 fully saturated rings. The van der Waals surface area contributed by atoms with E-state index in [1.54, 1.807) is 0 Å². The Kier molecular flexibility index (Phi) is 6.74. The molecule has 3 aromatic rings. The van der Waals surface area contributed by atoms with Gasteiger partial charge in [-0.25, -0.2) is 9.67 Å². The average Bonchev–Trinajstić information content (AvgIpc) is 3.20. The standard InChI is InChI=1S/C23H30N6O.ClH/c1-2-19-20-22(29(27-19)18-6-4-3-5-7-18)25-21(26-23(20)30)16-10-14-28(15-11-16)17-8-12-24-13-9-17;/h3-7,16-17,24H,2,8-15H2,1H3,(H,25,26,30);1H. The number of nitrogens with zero attached hydrogens (tertiary/aromatic N) is 4. The minimum atomic E-state index is -0.0604. The van der Waals surface area contributed by atoms with Gasteiger partial charge in [0.05, 0.1) is 11.4 Å². The van der Waals surface area contributed by atoms with Gasteiger partial charge in [-0.2, -0.15) is 5.10 Å². The van der Waals surface area contributed by atoms with Crippen molar-refractivity contribution in [1.29, 1.82) is 0 Å². The number of hydrogen-bond donors (Lipinski definition) is 2. The van der Waals surface area contributed by atoms with E-state index in [2.05, 4.69) is 15.2 Å². The molecular weight excluding hydrogens is 412 g/mol. The smallest absolute Gasteiger partial charge is 0.262 e. The highest BCUT2D eigenvalue weighted by atomic mass is 35.5. The van der Waals surface area contributed by atoms with Crippen LogP contribution in [0.2, 0.25) is 0 Å². The van der Waals surface area contributed by atoms with Crippen molar-refractivity contribution in [3.05, 3.63) is 52.2 Å². The third-order valence-electron chi connectivity index (χ3n) is 6.71. The highest BCUT2D eigenvalue weighted by Crippen LogP contribution is 2.29. The van der Waals surface area contributed by atoms with Gasteiger partial charge in [0.15, 0.2) is 5.65 Å². The number of benzene rings is 1. The van der Waals surface area contributed by atoms with Crippen LogP contribution in [-0.4, -0.2) is 56.9 Å². The molecule has 2 aliphatic rings. The number of H-pyrrole nitrogens is 1. The lowest BCUT2D eigenvalue weighted by Gasteiger charge is -2.39. The van der Waals surface area contributed by atoms with Crippen LogP contribution in [-0.2, 0) is 6.42 Å². The predicted molar refractivity (Wildman–Crippen MR) is 126 cm³/mol. The molecule has 2 aromatic heterocycles. The molecule has 1 aromatic carbocycles. The quantitative estimate of drug-likeness (QED) is 0.649. The molecule has 0 saturated carbocycles. The maximum Gasteiger partial charge on any atom is 0.262 e. The summed E-state index contributed by atoms with van der Waals surface area (Å²) in [6.45, 7) is 6.43. The summed E-state index contributed by atoms with van der Waals surface area (Å²) in [4.78, 5) is 23.7. The molecule has 2 saturated heterocycles. The Morgan fingerprint density at radius 2 is 1.77 bits per heavy atom. The summed E-state index contributed by atoms with van der Waals surface area (Å²) in [5.41, 5.74) is 2.36. The van der Waals surface area contributed by atoms with Gasteiger partial charge in [-0.05, 0) is 70.4 Å². The highest BCUT2D eigenvalue weighted by Gasteiger charge is 2.28. The first-order chi connectivity index (χ1) is 14.7. The number of hydrogen-bond acceptors (Lipinski definition) is 5. The largest absolute Gasteiger partial charge is 0.317 e. The van der Waals surface area contributed by atoms with Crippen molar-refractivity contribution in [3.63, 3.8) is 0 Å². The molecule has 0 unspecified atom stereocenters. The van der Waals surface area contributed by atoms with Crippen LogP contribution in [0.15, 0.2) is 35.1 Å². The molecule has 4 heterocycles. The molecule has 0 aliphatic carbocycles. The fourth-order valence-corrected chi connectivity index (χ4v) is 5.01. The van der Waals surface area contributed by atoms with E-state index in [0.29, 0.717) is 29.4 Å². The first-order valence-electron chi connectivity index (χ1n) is 11.3. The second kappa shape index (κ2) is 9.51. The molecule has 0 spiro atoms. The normalized spacial score (nSPS) is 18.9. The number of para-hydroxylation sites is 1. The lowest BCUT2D eigenvalue weighted by atomic mass is 9.93.